The fraction of sp³-hybridized carbons (Fsp3) is 0.231. The third-order valence-corrected chi connectivity index (χ3v) is 3.11. The Labute approximate surface area is 103 Å². The molecule has 1 aromatic carbocycles. The van der Waals surface area contributed by atoms with E-state index < -0.39 is 5.82 Å². The number of halogens is 1. The maximum absolute atomic E-state index is 13.6. The van der Waals surface area contributed by atoms with Crippen molar-refractivity contribution in [2.45, 2.75) is 12.6 Å². The molecule has 0 radical (unpaired) electrons. The summed E-state index contributed by atoms with van der Waals surface area (Å²) in [6.45, 7) is 1.00. The second-order valence-electron chi connectivity index (χ2n) is 4.17. The number of fused-ring (bicyclic) bond motifs is 1. The highest BCUT2D eigenvalue weighted by Crippen LogP contribution is 2.26. The Morgan fingerprint density at radius 1 is 1.50 bits per heavy atom. The average Bonchev–Trinajstić information content (AvgIpc) is 2.86. The highest BCUT2D eigenvalue weighted by Gasteiger charge is 2.22. The first-order chi connectivity index (χ1) is 8.79. The van der Waals surface area contributed by atoms with Crippen molar-refractivity contribution in [3.63, 3.8) is 0 Å². The van der Waals surface area contributed by atoms with Crippen molar-refractivity contribution in [2.75, 3.05) is 6.61 Å². The monoisotopic (exact) mass is 243 g/mol. The third-order valence-electron chi connectivity index (χ3n) is 3.11. The molecule has 3 rings (SSSR count). The minimum atomic E-state index is -0.498. The molecule has 1 atom stereocenters. The van der Waals surface area contributed by atoms with Crippen LogP contribution in [0.1, 0.15) is 22.9 Å². The summed E-state index contributed by atoms with van der Waals surface area (Å²) in [5, 5.41) is 8.71. The molecule has 0 amide bonds. The van der Waals surface area contributed by atoms with E-state index >= 15 is 0 Å². The zero-order valence-corrected chi connectivity index (χ0v) is 9.51. The number of nitrogens with zero attached hydrogens (tertiary/aromatic N) is 3. The van der Waals surface area contributed by atoms with Gasteiger partial charge in [0.1, 0.15) is 11.9 Å². The molecule has 0 bridgehead atoms. The van der Waals surface area contributed by atoms with E-state index in [0.717, 1.165) is 11.3 Å². The number of rotatable bonds is 1. The van der Waals surface area contributed by atoms with Crippen molar-refractivity contribution in [2.24, 2.45) is 0 Å². The first-order valence-corrected chi connectivity index (χ1v) is 5.57. The third kappa shape index (κ3) is 1.67. The van der Waals surface area contributed by atoms with E-state index in [4.69, 9.17) is 10.00 Å². The van der Waals surface area contributed by atoms with Crippen molar-refractivity contribution < 1.29 is 9.13 Å². The van der Waals surface area contributed by atoms with Gasteiger partial charge in [-0.25, -0.2) is 9.37 Å². The van der Waals surface area contributed by atoms with E-state index in [9.17, 15) is 4.39 Å². The van der Waals surface area contributed by atoms with E-state index in [2.05, 4.69) is 4.98 Å². The van der Waals surface area contributed by atoms with Crippen molar-refractivity contribution in [3.8, 4) is 6.07 Å². The summed E-state index contributed by atoms with van der Waals surface area (Å²) in [6.07, 6.45) is 3.46. The molecular formula is C13H10FN3O. The Bertz CT molecular complexity index is 629. The smallest absolute Gasteiger partial charge is 0.141 e. The van der Waals surface area contributed by atoms with Gasteiger partial charge in [-0.15, -0.1) is 0 Å². The maximum atomic E-state index is 13.6. The molecule has 1 aromatic heterocycles. The predicted octanol–water partition coefficient (Wildman–Crippen LogP) is 2.01. The number of benzene rings is 1. The van der Waals surface area contributed by atoms with Crippen molar-refractivity contribution in [3.05, 3.63) is 53.4 Å². The molecule has 0 N–H and O–H groups in total. The molecule has 2 heterocycles. The minimum Gasteiger partial charge on any atom is -0.373 e. The number of hydrogen-bond donors (Lipinski definition) is 0. The zero-order valence-electron chi connectivity index (χ0n) is 9.51. The molecule has 1 aliphatic heterocycles. The predicted molar refractivity (Wildman–Crippen MR) is 61.1 cm³/mol. The van der Waals surface area contributed by atoms with Crippen LogP contribution in [0.5, 0.6) is 0 Å². The number of hydrogen-bond acceptors (Lipinski definition) is 3. The van der Waals surface area contributed by atoms with Gasteiger partial charge >= 0.3 is 0 Å². The fourth-order valence-corrected chi connectivity index (χ4v) is 2.17. The Morgan fingerprint density at radius 3 is 3.17 bits per heavy atom. The Morgan fingerprint density at radius 2 is 2.39 bits per heavy atom. The molecule has 0 saturated heterocycles. The van der Waals surface area contributed by atoms with Crippen LogP contribution >= 0.6 is 0 Å². The Kier molecular flexibility index (Phi) is 2.58. The lowest BCUT2D eigenvalue weighted by Crippen LogP contribution is -2.23. The summed E-state index contributed by atoms with van der Waals surface area (Å²) in [5.41, 5.74) is 1.81. The normalized spacial score (nSPS) is 18.1. The first kappa shape index (κ1) is 10.9. The second kappa shape index (κ2) is 4.24. The summed E-state index contributed by atoms with van der Waals surface area (Å²) in [7, 11) is 0. The standard InChI is InChI=1S/C13H10FN3O/c14-12-3-9(1-2-10(12)4-15)13-7-18-6-11-5-16-8-17(11)13/h1-3,5,8,13H,6-7H2. The first-order valence-electron chi connectivity index (χ1n) is 5.57. The van der Waals surface area contributed by atoms with Crippen LogP contribution < -0.4 is 0 Å². The molecule has 0 spiro atoms. The molecule has 1 aliphatic rings. The van der Waals surface area contributed by atoms with Gasteiger partial charge in [0.15, 0.2) is 0 Å². The highest BCUT2D eigenvalue weighted by molar-refractivity contribution is 5.35. The lowest BCUT2D eigenvalue weighted by molar-refractivity contribution is 0.0695. The minimum absolute atomic E-state index is 0.0568. The van der Waals surface area contributed by atoms with Gasteiger partial charge in [-0.2, -0.15) is 5.26 Å². The number of nitriles is 1. The lowest BCUT2D eigenvalue weighted by Gasteiger charge is -2.26. The van der Waals surface area contributed by atoms with Crippen LogP contribution in [-0.2, 0) is 11.3 Å². The zero-order chi connectivity index (χ0) is 12.5. The summed E-state index contributed by atoms with van der Waals surface area (Å²) in [6, 6.07) is 6.37. The van der Waals surface area contributed by atoms with Gasteiger partial charge in [0.25, 0.3) is 0 Å². The Balaban J connectivity index is 2.03. The topological polar surface area (TPSA) is 50.8 Å². The Hall–Kier alpha value is -2.19. The average molecular weight is 243 g/mol. The maximum Gasteiger partial charge on any atom is 0.141 e. The SMILES string of the molecule is N#Cc1ccc(C2COCc3cncn32)cc1F. The van der Waals surface area contributed by atoms with Crippen molar-refractivity contribution in [1.82, 2.24) is 9.55 Å². The van der Waals surface area contributed by atoms with Gasteiger partial charge in [0.2, 0.25) is 0 Å². The summed E-state index contributed by atoms with van der Waals surface area (Å²) in [4.78, 5) is 4.07. The molecular weight excluding hydrogens is 233 g/mol. The molecule has 2 aromatic rings. The van der Waals surface area contributed by atoms with Crippen LogP contribution in [0.25, 0.3) is 0 Å². The lowest BCUT2D eigenvalue weighted by atomic mass is 10.0. The number of imidazole rings is 1. The van der Waals surface area contributed by atoms with Crippen LogP contribution in [0.15, 0.2) is 30.7 Å². The molecule has 0 fully saturated rings. The molecule has 90 valence electrons. The van der Waals surface area contributed by atoms with Crippen LogP contribution in [0, 0.1) is 17.1 Å². The highest BCUT2D eigenvalue weighted by atomic mass is 19.1. The van der Waals surface area contributed by atoms with Crippen molar-refractivity contribution >= 4 is 0 Å². The van der Waals surface area contributed by atoms with E-state index in [1.807, 2.05) is 10.6 Å². The quantitative estimate of drug-likeness (QED) is 0.769. The van der Waals surface area contributed by atoms with Gasteiger partial charge in [-0.1, -0.05) is 6.07 Å². The van der Waals surface area contributed by atoms with Crippen LogP contribution in [0.2, 0.25) is 0 Å². The van der Waals surface area contributed by atoms with Gasteiger partial charge in [-0.3, -0.25) is 0 Å². The fourth-order valence-electron chi connectivity index (χ4n) is 2.17. The molecule has 0 saturated carbocycles. The van der Waals surface area contributed by atoms with Gasteiger partial charge in [0.05, 0.1) is 43.0 Å². The summed E-state index contributed by atoms with van der Waals surface area (Å²) in [5.74, 6) is -0.498. The molecule has 4 nitrogen and oxygen atoms in total. The summed E-state index contributed by atoms with van der Waals surface area (Å²) >= 11 is 0. The van der Waals surface area contributed by atoms with E-state index in [1.165, 1.54) is 12.1 Å². The summed E-state index contributed by atoms with van der Waals surface area (Å²) < 4.78 is 21.1. The van der Waals surface area contributed by atoms with Gasteiger partial charge in [0, 0.05) is 0 Å². The van der Waals surface area contributed by atoms with E-state index in [-0.39, 0.29) is 11.6 Å². The molecule has 1 unspecified atom stereocenters. The van der Waals surface area contributed by atoms with Crippen LogP contribution in [0.4, 0.5) is 4.39 Å². The van der Waals surface area contributed by atoms with E-state index in [1.54, 1.807) is 18.6 Å². The molecule has 18 heavy (non-hydrogen) atoms. The second-order valence-corrected chi connectivity index (χ2v) is 4.17. The van der Waals surface area contributed by atoms with Gasteiger partial charge in [-0.05, 0) is 17.7 Å². The largest absolute Gasteiger partial charge is 0.373 e. The van der Waals surface area contributed by atoms with Crippen LogP contribution in [0.3, 0.4) is 0 Å². The number of ether oxygens (including phenoxy) is 1. The number of aromatic nitrogens is 2. The van der Waals surface area contributed by atoms with Crippen LogP contribution in [-0.4, -0.2) is 16.2 Å². The van der Waals surface area contributed by atoms with Gasteiger partial charge < -0.3 is 9.30 Å². The van der Waals surface area contributed by atoms with E-state index in [0.29, 0.717) is 13.2 Å². The van der Waals surface area contributed by atoms with Crippen molar-refractivity contribution in [1.29, 1.82) is 5.26 Å². The molecule has 0 aliphatic carbocycles. The molecule has 5 heteroatoms.